The maximum atomic E-state index is 12.6. The monoisotopic (exact) mass is 447 g/mol. The number of ether oxygens (including phenoxy) is 1. The number of aryl methyl sites for hydroxylation is 1. The number of hydrogen-bond acceptors (Lipinski definition) is 7. The SMILES string of the molecule is COC(=O)c1ccc(CNC(=O)C(C)Sc2nnc(CCC(N)=O)n2CC(C)C)cc1. The first-order valence-corrected chi connectivity index (χ1v) is 10.9. The van der Waals surface area contributed by atoms with Crippen molar-refractivity contribution >= 4 is 29.5 Å². The van der Waals surface area contributed by atoms with Crippen molar-refractivity contribution in [3.05, 3.63) is 41.2 Å². The van der Waals surface area contributed by atoms with Gasteiger partial charge >= 0.3 is 5.97 Å². The fourth-order valence-corrected chi connectivity index (χ4v) is 3.70. The van der Waals surface area contributed by atoms with Crippen LogP contribution in [-0.4, -0.2) is 44.9 Å². The molecule has 1 unspecified atom stereocenters. The standard InChI is InChI=1S/C21H29N5O4S/c1-13(2)12-26-18(10-9-17(22)27)24-25-21(26)31-14(3)19(28)23-11-15-5-7-16(8-6-15)20(29)30-4/h5-8,13-14H,9-12H2,1-4H3,(H2,22,27)(H,23,28). The van der Waals surface area contributed by atoms with Gasteiger partial charge in [-0.05, 0) is 30.5 Å². The molecule has 0 spiro atoms. The Hall–Kier alpha value is -2.88. The Bertz CT molecular complexity index is 911. The van der Waals surface area contributed by atoms with Crippen LogP contribution in [0.1, 0.15) is 48.9 Å². The molecule has 3 N–H and O–H groups in total. The van der Waals surface area contributed by atoms with Crippen molar-refractivity contribution in [3.8, 4) is 0 Å². The lowest BCUT2D eigenvalue weighted by Crippen LogP contribution is -2.30. The normalized spacial score (nSPS) is 11.9. The smallest absolute Gasteiger partial charge is 0.337 e. The minimum absolute atomic E-state index is 0.139. The second kappa shape index (κ2) is 11.5. The van der Waals surface area contributed by atoms with Crippen LogP contribution in [0.15, 0.2) is 29.4 Å². The third-order valence-electron chi connectivity index (χ3n) is 4.43. The molecule has 0 aliphatic carbocycles. The molecule has 0 saturated carbocycles. The quantitative estimate of drug-likeness (QED) is 0.398. The third kappa shape index (κ3) is 7.39. The van der Waals surface area contributed by atoms with E-state index in [4.69, 9.17) is 5.73 Å². The average Bonchev–Trinajstić information content (AvgIpc) is 3.10. The van der Waals surface area contributed by atoms with E-state index in [1.165, 1.54) is 18.9 Å². The highest BCUT2D eigenvalue weighted by Crippen LogP contribution is 2.24. The first-order chi connectivity index (χ1) is 14.7. The second-order valence-electron chi connectivity index (χ2n) is 7.54. The number of amides is 2. The number of esters is 1. The summed E-state index contributed by atoms with van der Waals surface area (Å²) >= 11 is 1.32. The lowest BCUT2D eigenvalue weighted by Gasteiger charge is -2.15. The van der Waals surface area contributed by atoms with Crippen LogP contribution in [0.25, 0.3) is 0 Å². The molecule has 0 saturated heterocycles. The molecule has 2 aromatic rings. The molecule has 0 aliphatic heterocycles. The third-order valence-corrected chi connectivity index (χ3v) is 5.51. The molecule has 9 nitrogen and oxygen atoms in total. The highest BCUT2D eigenvalue weighted by Gasteiger charge is 2.21. The van der Waals surface area contributed by atoms with Crippen LogP contribution in [-0.2, 0) is 33.8 Å². The van der Waals surface area contributed by atoms with Gasteiger partial charge in [0, 0.05) is 25.9 Å². The number of nitrogens with one attached hydrogen (secondary N) is 1. The highest BCUT2D eigenvalue weighted by atomic mass is 32.2. The second-order valence-corrected chi connectivity index (χ2v) is 8.84. The summed E-state index contributed by atoms with van der Waals surface area (Å²) in [6.45, 7) is 6.98. The molecule has 1 aromatic carbocycles. The summed E-state index contributed by atoms with van der Waals surface area (Å²) in [7, 11) is 1.33. The molecule has 2 amide bonds. The van der Waals surface area contributed by atoms with E-state index in [9.17, 15) is 14.4 Å². The Kier molecular flexibility index (Phi) is 9.04. The van der Waals surface area contributed by atoms with Crippen molar-refractivity contribution in [1.82, 2.24) is 20.1 Å². The Morgan fingerprint density at radius 1 is 1.16 bits per heavy atom. The zero-order valence-electron chi connectivity index (χ0n) is 18.3. The molecular formula is C21H29N5O4S. The van der Waals surface area contributed by atoms with Gasteiger partial charge in [-0.15, -0.1) is 10.2 Å². The van der Waals surface area contributed by atoms with Crippen molar-refractivity contribution in [2.24, 2.45) is 11.7 Å². The Morgan fingerprint density at radius 3 is 2.42 bits per heavy atom. The minimum Gasteiger partial charge on any atom is -0.465 e. The number of aromatic nitrogens is 3. The van der Waals surface area contributed by atoms with E-state index < -0.39 is 11.2 Å². The van der Waals surface area contributed by atoms with Gasteiger partial charge in [-0.1, -0.05) is 37.7 Å². The lowest BCUT2D eigenvalue weighted by molar-refractivity contribution is -0.120. The number of benzene rings is 1. The summed E-state index contributed by atoms with van der Waals surface area (Å²) in [6, 6.07) is 6.87. The topological polar surface area (TPSA) is 129 Å². The summed E-state index contributed by atoms with van der Waals surface area (Å²) < 4.78 is 6.63. The summed E-state index contributed by atoms with van der Waals surface area (Å²) in [5.74, 6) is 0.106. The van der Waals surface area contributed by atoms with Gasteiger partial charge in [0.15, 0.2) is 5.16 Å². The average molecular weight is 448 g/mol. The van der Waals surface area contributed by atoms with Crippen LogP contribution < -0.4 is 11.1 Å². The van der Waals surface area contributed by atoms with E-state index in [-0.39, 0.29) is 18.2 Å². The number of carbonyl (C=O) groups excluding carboxylic acids is 3. The van der Waals surface area contributed by atoms with Crippen LogP contribution in [0.5, 0.6) is 0 Å². The summed E-state index contributed by atoms with van der Waals surface area (Å²) in [5.41, 5.74) is 6.58. The van der Waals surface area contributed by atoms with Gasteiger partial charge in [-0.25, -0.2) is 4.79 Å². The first kappa shape index (κ1) is 24.4. The predicted molar refractivity (Wildman–Crippen MR) is 117 cm³/mol. The lowest BCUT2D eigenvalue weighted by atomic mass is 10.1. The predicted octanol–water partition coefficient (Wildman–Crippen LogP) is 1.94. The van der Waals surface area contributed by atoms with Crippen LogP contribution in [0.2, 0.25) is 0 Å². The van der Waals surface area contributed by atoms with Crippen LogP contribution >= 0.6 is 11.8 Å². The van der Waals surface area contributed by atoms with Gasteiger partial charge in [0.1, 0.15) is 5.82 Å². The number of carbonyl (C=O) groups is 3. The molecule has 0 fully saturated rings. The Morgan fingerprint density at radius 2 is 1.84 bits per heavy atom. The van der Waals surface area contributed by atoms with Gasteiger partial charge in [-0.3, -0.25) is 9.59 Å². The molecule has 2 rings (SSSR count). The number of methoxy groups -OCH3 is 1. The van der Waals surface area contributed by atoms with Crippen molar-refractivity contribution in [3.63, 3.8) is 0 Å². The summed E-state index contributed by atoms with van der Waals surface area (Å²) in [6.07, 6.45) is 0.615. The first-order valence-electron chi connectivity index (χ1n) is 10.0. The van der Waals surface area contributed by atoms with Gasteiger partial charge < -0.3 is 20.4 Å². The minimum atomic E-state index is -0.402. The zero-order valence-corrected chi connectivity index (χ0v) is 19.1. The number of nitrogens with two attached hydrogens (primary N) is 1. The molecule has 0 aliphatic rings. The van der Waals surface area contributed by atoms with Gasteiger partial charge in [0.25, 0.3) is 0 Å². The molecule has 0 radical (unpaired) electrons. The summed E-state index contributed by atoms with van der Waals surface area (Å²) in [4.78, 5) is 35.2. The van der Waals surface area contributed by atoms with E-state index in [1.54, 1.807) is 31.2 Å². The molecule has 10 heteroatoms. The zero-order chi connectivity index (χ0) is 23.0. The van der Waals surface area contributed by atoms with Crippen molar-refractivity contribution in [1.29, 1.82) is 0 Å². The van der Waals surface area contributed by atoms with Crippen LogP contribution in [0.4, 0.5) is 0 Å². The highest BCUT2D eigenvalue weighted by molar-refractivity contribution is 8.00. The number of nitrogens with zero attached hydrogens (tertiary/aromatic N) is 3. The van der Waals surface area contributed by atoms with E-state index >= 15 is 0 Å². The molecule has 31 heavy (non-hydrogen) atoms. The molecule has 1 heterocycles. The van der Waals surface area contributed by atoms with Crippen LogP contribution in [0, 0.1) is 5.92 Å². The Labute approximate surface area is 186 Å². The van der Waals surface area contributed by atoms with Gasteiger partial charge in [-0.2, -0.15) is 0 Å². The number of primary amides is 1. The molecule has 1 aromatic heterocycles. The number of rotatable bonds is 11. The van der Waals surface area contributed by atoms with E-state index in [0.29, 0.717) is 42.0 Å². The molecule has 0 bridgehead atoms. The maximum absolute atomic E-state index is 12.6. The van der Waals surface area contributed by atoms with Crippen molar-refractivity contribution < 1.29 is 19.1 Å². The van der Waals surface area contributed by atoms with Crippen molar-refractivity contribution in [2.75, 3.05) is 7.11 Å². The van der Waals surface area contributed by atoms with Crippen molar-refractivity contribution in [2.45, 2.75) is 57.1 Å². The maximum Gasteiger partial charge on any atom is 0.337 e. The number of thioether (sulfide) groups is 1. The molecule has 168 valence electrons. The molecule has 1 atom stereocenters. The van der Waals surface area contributed by atoms with Crippen LogP contribution in [0.3, 0.4) is 0 Å². The van der Waals surface area contributed by atoms with E-state index in [0.717, 1.165) is 5.56 Å². The van der Waals surface area contributed by atoms with Gasteiger partial charge in [0.2, 0.25) is 11.8 Å². The fraction of sp³-hybridized carbons (Fsp3) is 0.476. The van der Waals surface area contributed by atoms with Gasteiger partial charge in [0.05, 0.1) is 17.9 Å². The van der Waals surface area contributed by atoms with E-state index in [1.807, 2.05) is 4.57 Å². The molecular weight excluding hydrogens is 418 g/mol. The Balaban J connectivity index is 1.98. The van der Waals surface area contributed by atoms with E-state index in [2.05, 4.69) is 34.1 Å². The fourth-order valence-electron chi connectivity index (χ4n) is 2.80. The summed E-state index contributed by atoms with van der Waals surface area (Å²) in [5, 5.41) is 11.6. The number of hydrogen-bond donors (Lipinski definition) is 2. The largest absolute Gasteiger partial charge is 0.465 e.